The van der Waals surface area contributed by atoms with Gasteiger partial charge in [-0.1, -0.05) is 13.8 Å². The number of nitrogens with zero attached hydrogens (tertiary/aromatic N) is 2. The summed E-state index contributed by atoms with van der Waals surface area (Å²) in [6.45, 7) is 7.33. The number of aryl methyl sites for hydroxylation is 2. The van der Waals surface area contributed by atoms with Crippen LogP contribution in [0.15, 0.2) is 41.3 Å². The molecule has 0 saturated carbocycles. The minimum Gasteiger partial charge on any atom is -0.481 e. The molecular weight excluding hydrogens is 598 g/mol. The van der Waals surface area contributed by atoms with Gasteiger partial charge < -0.3 is 19.9 Å². The zero-order valence-electron chi connectivity index (χ0n) is 25.6. The molecule has 0 aliphatic carbocycles. The SMILES string of the molecule is Cc1cc(F)cc(C)c1-c1cc(F)c(F)c([C@H](CC(=O)O)NC(=O)C(CC(C)C)n2cc(CCN(C)C)cc(F)c2=O)c1.S. The summed E-state index contributed by atoms with van der Waals surface area (Å²) in [7, 11) is 3.67. The molecule has 1 aromatic heterocycles. The number of rotatable bonds is 12. The molecule has 0 saturated heterocycles. The number of carboxylic acid groups (broad SMARTS) is 1. The highest BCUT2D eigenvalue weighted by Crippen LogP contribution is 2.34. The average molecular weight is 638 g/mol. The molecule has 1 amide bonds. The van der Waals surface area contributed by atoms with Gasteiger partial charge in [-0.2, -0.15) is 13.5 Å². The van der Waals surface area contributed by atoms with Crippen LogP contribution in [0, 0.1) is 43.0 Å². The third kappa shape index (κ3) is 8.95. The van der Waals surface area contributed by atoms with Crippen LogP contribution in [0.4, 0.5) is 17.6 Å². The van der Waals surface area contributed by atoms with E-state index in [9.17, 15) is 32.7 Å². The summed E-state index contributed by atoms with van der Waals surface area (Å²) in [5, 5.41) is 12.1. The van der Waals surface area contributed by atoms with E-state index in [-0.39, 0.29) is 31.4 Å². The Morgan fingerprint density at radius 1 is 0.977 bits per heavy atom. The van der Waals surface area contributed by atoms with Gasteiger partial charge in [-0.05, 0) is 105 Å². The zero-order chi connectivity index (χ0) is 32.2. The van der Waals surface area contributed by atoms with Gasteiger partial charge in [0.05, 0.1) is 12.5 Å². The fourth-order valence-electron chi connectivity index (χ4n) is 5.19. The van der Waals surface area contributed by atoms with Crippen LogP contribution in [0.3, 0.4) is 0 Å². The molecule has 0 bridgehead atoms. The van der Waals surface area contributed by atoms with Crippen molar-refractivity contribution >= 4 is 25.4 Å². The molecule has 2 aromatic carbocycles. The van der Waals surface area contributed by atoms with Crippen LogP contribution in [-0.2, 0) is 16.0 Å². The number of nitrogens with one attached hydrogen (secondary N) is 1. The third-order valence-corrected chi connectivity index (χ3v) is 7.15. The Bertz CT molecular complexity index is 1550. The van der Waals surface area contributed by atoms with Crippen LogP contribution in [0.1, 0.15) is 61.0 Å². The summed E-state index contributed by atoms with van der Waals surface area (Å²) in [5.41, 5.74) is 0.485. The first-order valence-corrected chi connectivity index (χ1v) is 13.9. The molecule has 44 heavy (non-hydrogen) atoms. The normalized spacial score (nSPS) is 12.6. The molecular formula is C32H39F4N3O4S. The highest BCUT2D eigenvalue weighted by Gasteiger charge is 2.30. The lowest BCUT2D eigenvalue weighted by Gasteiger charge is -2.26. The number of amides is 1. The van der Waals surface area contributed by atoms with Crippen LogP contribution in [-0.4, -0.2) is 47.1 Å². The van der Waals surface area contributed by atoms with Crippen molar-refractivity contribution < 1.29 is 32.3 Å². The lowest BCUT2D eigenvalue weighted by Crippen LogP contribution is -2.41. The Kier molecular flexibility index (Phi) is 12.8. The fraction of sp³-hybridized carbons (Fsp3) is 0.406. The molecule has 3 aromatic rings. The molecule has 1 heterocycles. The Morgan fingerprint density at radius 2 is 1.59 bits per heavy atom. The summed E-state index contributed by atoms with van der Waals surface area (Å²) in [5.74, 6) is -6.62. The van der Waals surface area contributed by atoms with E-state index in [2.05, 4.69) is 5.32 Å². The van der Waals surface area contributed by atoms with E-state index in [4.69, 9.17) is 0 Å². The van der Waals surface area contributed by atoms with Gasteiger partial charge in [0, 0.05) is 18.3 Å². The first-order valence-electron chi connectivity index (χ1n) is 13.9. The molecule has 0 radical (unpaired) electrons. The number of carbonyl (C=O) groups excluding carboxylic acids is 1. The van der Waals surface area contributed by atoms with Crippen molar-refractivity contribution in [1.82, 2.24) is 14.8 Å². The number of likely N-dealkylation sites (N-methyl/N-ethyl adjacent to an activating group) is 1. The second kappa shape index (κ2) is 15.4. The van der Waals surface area contributed by atoms with E-state index < -0.39 is 64.8 Å². The number of aromatic nitrogens is 1. The number of carbonyl (C=O) groups is 2. The first-order chi connectivity index (χ1) is 20.1. The minimum absolute atomic E-state index is 0. The Labute approximate surface area is 261 Å². The lowest BCUT2D eigenvalue weighted by atomic mass is 9.91. The molecule has 2 atom stereocenters. The summed E-state index contributed by atoms with van der Waals surface area (Å²) in [6.07, 6.45) is 1.05. The van der Waals surface area contributed by atoms with Crippen LogP contribution in [0.25, 0.3) is 11.1 Å². The fourth-order valence-corrected chi connectivity index (χ4v) is 5.19. The second-order valence-electron chi connectivity index (χ2n) is 11.5. The maximum atomic E-state index is 15.3. The average Bonchev–Trinajstić information content (AvgIpc) is 2.88. The Hall–Kier alpha value is -3.64. The molecule has 1 unspecified atom stereocenters. The van der Waals surface area contributed by atoms with Crippen LogP contribution in [0.5, 0.6) is 0 Å². The van der Waals surface area contributed by atoms with E-state index in [1.54, 1.807) is 27.7 Å². The minimum atomic E-state index is -1.55. The molecule has 12 heteroatoms. The summed E-state index contributed by atoms with van der Waals surface area (Å²) in [4.78, 5) is 40.3. The Morgan fingerprint density at radius 3 is 2.14 bits per heavy atom. The highest BCUT2D eigenvalue weighted by atomic mass is 32.1. The van der Waals surface area contributed by atoms with E-state index >= 15 is 4.39 Å². The van der Waals surface area contributed by atoms with Gasteiger partial charge in [-0.15, -0.1) is 0 Å². The number of hydrogen-bond donors (Lipinski definition) is 2. The molecule has 240 valence electrons. The predicted octanol–water partition coefficient (Wildman–Crippen LogP) is 5.82. The number of carboxylic acids is 1. The van der Waals surface area contributed by atoms with Crippen LogP contribution in [0.2, 0.25) is 0 Å². The predicted molar refractivity (Wildman–Crippen MR) is 166 cm³/mol. The van der Waals surface area contributed by atoms with Gasteiger partial charge in [-0.3, -0.25) is 14.4 Å². The number of hydrogen-bond acceptors (Lipinski definition) is 4. The molecule has 0 aliphatic rings. The van der Waals surface area contributed by atoms with Gasteiger partial charge in [0.15, 0.2) is 17.5 Å². The first kappa shape index (κ1) is 36.6. The van der Waals surface area contributed by atoms with Gasteiger partial charge in [0.1, 0.15) is 11.9 Å². The topological polar surface area (TPSA) is 91.6 Å². The lowest BCUT2D eigenvalue weighted by molar-refractivity contribution is -0.138. The van der Waals surface area contributed by atoms with Crippen molar-refractivity contribution in [1.29, 1.82) is 0 Å². The second-order valence-corrected chi connectivity index (χ2v) is 11.5. The monoisotopic (exact) mass is 637 g/mol. The van der Waals surface area contributed by atoms with Crippen molar-refractivity contribution in [3.05, 3.63) is 92.4 Å². The number of aliphatic carboxylic acids is 1. The summed E-state index contributed by atoms with van der Waals surface area (Å²) in [6, 6.07) is 2.92. The van der Waals surface area contributed by atoms with Crippen molar-refractivity contribution in [3.63, 3.8) is 0 Å². The van der Waals surface area contributed by atoms with Crippen molar-refractivity contribution in [2.24, 2.45) is 5.92 Å². The molecule has 0 aliphatic heterocycles. The molecule has 2 N–H and O–H groups in total. The summed E-state index contributed by atoms with van der Waals surface area (Å²) >= 11 is 0. The maximum Gasteiger partial charge on any atom is 0.305 e. The van der Waals surface area contributed by atoms with Gasteiger partial charge in [-0.25, -0.2) is 17.6 Å². The number of benzene rings is 2. The maximum absolute atomic E-state index is 15.3. The van der Waals surface area contributed by atoms with Crippen LogP contribution >= 0.6 is 13.5 Å². The Balaban J connectivity index is 0.00000675. The third-order valence-electron chi connectivity index (χ3n) is 7.15. The van der Waals surface area contributed by atoms with Gasteiger partial charge in [0.2, 0.25) is 5.91 Å². The van der Waals surface area contributed by atoms with E-state index in [1.807, 2.05) is 19.0 Å². The van der Waals surface area contributed by atoms with Crippen molar-refractivity contribution in [2.75, 3.05) is 20.6 Å². The molecule has 0 spiro atoms. The zero-order valence-corrected chi connectivity index (χ0v) is 26.6. The van der Waals surface area contributed by atoms with E-state index in [0.717, 1.165) is 16.7 Å². The largest absolute Gasteiger partial charge is 0.481 e. The van der Waals surface area contributed by atoms with Crippen LogP contribution < -0.4 is 10.9 Å². The smallest absolute Gasteiger partial charge is 0.305 e. The standard InChI is InChI=1S/C32H37F4N3O4.H2S/c1-17(2)9-27(39-16-20(7-8-38(5)6)12-25(35)32(39)43)31(42)37-26(15-28(40)41)23-13-21(14-24(34)30(23)36)29-18(3)10-22(33)11-19(29)4;/h10-14,16-17,26-27H,7-9,15H2,1-6H3,(H,37,42)(H,40,41);1H2/t26-,27?;/m0./s1. The van der Waals surface area contributed by atoms with Gasteiger partial charge >= 0.3 is 5.97 Å². The molecule has 7 nitrogen and oxygen atoms in total. The molecule has 3 rings (SSSR count). The quantitative estimate of drug-likeness (QED) is 0.244. The molecule has 0 fully saturated rings. The van der Waals surface area contributed by atoms with Gasteiger partial charge in [0.25, 0.3) is 5.56 Å². The van der Waals surface area contributed by atoms with Crippen molar-refractivity contribution in [3.8, 4) is 11.1 Å². The van der Waals surface area contributed by atoms with Crippen molar-refractivity contribution in [2.45, 2.75) is 59.0 Å². The van der Waals surface area contributed by atoms with E-state index in [0.29, 0.717) is 35.2 Å². The highest BCUT2D eigenvalue weighted by molar-refractivity contribution is 7.59. The number of halogens is 4. The summed E-state index contributed by atoms with van der Waals surface area (Å²) < 4.78 is 59.9. The number of pyridine rings is 1. The van der Waals surface area contributed by atoms with E-state index in [1.165, 1.54) is 24.4 Å².